The van der Waals surface area contributed by atoms with E-state index in [1.165, 1.54) is 30.5 Å². The van der Waals surface area contributed by atoms with Gasteiger partial charge in [-0.2, -0.15) is 5.10 Å². The predicted octanol–water partition coefficient (Wildman–Crippen LogP) is 3.24. The molecular formula is C24H21FN4O4. The van der Waals surface area contributed by atoms with E-state index >= 15 is 0 Å². The van der Waals surface area contributed by atoms with Crippen molar-refractivity contribution in [1.82, 2.24) is 5.43 Å². The molecule has 9 heteroatoms. The van der Waals surface area contributed by atoms with Gasteiger partial charge < -0.3 is 15.4 Å². The molecule has 0 fully saturated rings. The van der Waals surface area contributed by atoms with E-state index in [0.29, 0.717) is 22.7 Å². The maximum absolute atomic E-state index is 12.9. The van der Waals surface area contributed by atoms with Gasteiger partial charge in [0.25, 0.3) is 5.91 Å². The Morgan fingerprint density at radius 3 is 2.45 bits per heavy atom. The molecule has 3 rings (SSSR count). The van der Waals surface area contributed by atoms with E-state index in [-0.39, 0.29) is 6.61 Å². The molecule has 0 aliphatic heterocycles. The van der Waals surface area contributed by atoms with E-state index in [0.717, 1.165) is 5.56 Å². The van der Waals surface area contributed by atoms with Crippen molar-refractivity contribution in [3.63, 3.8) is 0 Å². The maximum Gasteiger partial charge on any atom is 0.329 e. The van der Waals surface area contributed by atoms with Crippen molar-refractivity contribution < 1.29 is 23.5 Å². The summed E-state index contributed by atoms with van der Waals surface area (Å²) in [6, 6.07) is 19.1. The second-order valence-electron chi connectivity index (χ2n) is 6.88. The standard InChI is InChI=1S/C24H21FN4O4/c1-16-5-2-3-8-21(16)28-23(31)24(32)29-26-14-17-6-4-7-20(13-17)33-15-22(30)27-19-11-9-18(25)10-12-19/h2-14H,15H2,1H3,(H,27,30)(H,28,31)(H,29,32)/b26-14-. The third-order valence-corrected chi connectivity index (χ3v) is 4.34. The molecule has 168 valence electrons. The zero-order valence-electron chi connectivity index (χ0n) is 17.7. The number of para-hydroxylation sites is 1. The zero-order chi connectivity index (χ0) is 23.6. The summed E-state index contributed by atoms with van der Waals surface area (Å²) in [4.78, 5) is 35.9. The topological polar surface area (TPSA) is 109 Å². The molecule has 0 radical (unpaired) electrons. The molecule has 3 aromatic carbocycles. The number of aryl methyl sites for hydroxylation is 1. The Balaban J connectivity index is 1.48. The molecule has 3 aromatic rings. The number of benzene rings is 3. The fraction of sp³-hybridized carbons (Fsp3) is 0.0833. The normalized spacial score (nSPS) is 10.5. The van der Waals surface area contributed by atoms with Crippen LogP contribution in [-0.2, 0) is 14.4 Å². The molecule has 0 saturated heterocycles. The molecular weight excluding hydrogens is 427 g/mol. The Morgan fingerprint density at radius 2 is 1.70 bits per heavy atom. The number of nitrogens with one attached hydrogen (secondary N) is 3. The summed E-state index contributed by atoms with van der Waals surface area (Å²) in [6.45, 7) is 1.56. The lowest BCUT2D eigenvalue weighted by atomic mass is 10.2. The summed E-state index contributed by atoms with van der Waals surface area (Å²) >= 11 is 0. The van der Waals surface area contributed by atoms with Gasteiger partial charge in [-0.1, -0.05) is 30.3 Å². The van der Waals surface area contributed by atoms with Gasteiger partial charge in [0.2, 0.25) is 0 Å². The predicted molar refractivity (Wildman–Crippen MR) is 123 cm³/mol. The van der Waals surface area contributed by atoms with Crippen molar-refractivity contribution in [3.8, 4) is 5.75 Å². The summed E-state index contributed by atoms with van der Waals surface area (Å²) in [5, 5.41) is 8.88. The molecule has 0 aromatic heterocycles. The van der Waals surface area contributed by atoms with Crippen molar-refractivity contribution in [2.24, 2.45) is 5.10 Å². The lowest BCUT2D eigenvalue weighted by molar-refractivity contribution is -0.136. The molecule has 0 unspecified atom stereocenters. The first-order chi connectivity index (χ1) is 15.9. The van der Waals surface area contributed by atoms with Crippen LogP contribution in [0.1, 0.15) is 11.1 Å². The second-order valence-corrected chi connectivity index (χ2v) is 6.88. The summed E-state index contributed by atoms with van der Waals surface area (Å²) in [5.74, 6) is -2.17. The smallest absolute Gasteiger partial charge is 0.329 e. The van der Waals surface area contributed by atoms with E-state index in [2.05, 4.69) is 21.2 Å². The number of rotatable bonds is 7. The largest absolute Gasteiger partial charge is 0.484 e. The van der Waals surface area contributed by atoms with E-state index in [1.807, 2.05) is 19.1 Å². The molecule has 8 nitrogen and oxygen atoms in total. The number of carbonyl (C=O) groups excluding carboxylic acids is 3. The number of hydrogen-bond acceptors (Lipinski definition) is 5. The number of hydrazone groups is 1. The molecule has 3 amide bonds. The van der Waals surface area contributed by atoms with Crippen LogP contribution in [-0.4, -0.2) is 30.5 Å². The van der Waals surface area contributed by atoms with Gasteiger partial charge in [-0.05, 0) is 60.5 Å². The van der Waals surface area contributed by atoms with Gasteiger partial charge in [-0.3, -0.25) is 14.4 Å². The average Bonchev–Trinajstić information content (AvgIpc) is 2.81. The molecule has 0 aliphatic carbocycles. The fourth-order valence-electron chi connectivity index (χ4n) is 2.67. The lowest BCUT2D eigenvalue weighted by Gasteiger charge is -2.08. The number of hydrogen-bond donors (Lipinski definition) is 3. The Hall–Kier alpha value is -4.53. The van der Waals surface area contributed by atoms with Crippen molar-refractivity contribution in [1.29, 1.82) is 0 Å². The van der Waals surface area contributed by atoms with E-state index in [4.69, 9.17) is 4.74 Å². The maximum atomic E-state index is 12.9. The number of halogens is 1. The minimum absolute atomic E-state index is 0.256. The highest BCUT2D eigenvalue weighted by Crippen LogP contribution is 2.14. The van der Waals surface area contributed by atoms with Gasteiger partial charge in [-0.25, -0.2) is 9.82 Å². The summed E-state index contributed by atoms with van der Waals surface area (Å²) in [6.07, 6.45) is 1.34. The SMILES string of the molecule is Cc1ccccc1NC(=O)C(=O)N/N=C\c1cccc(OCC(=O)Nc2ccc(F)cc2)c1. The van der Waals surface area contributed by atoms with Crippen molar-refractivity contribution in [3.05, 3.63) is 89.7 Å². The number of nitrogens with zero attached hydrogens (tertiary/aromatic N) is 1. The molecule has 0 heterocycles. The summed E-state index contributed by atoms with van der Waals surface area (Å²) in [7, 11) is 0. The van der Waals surface area contributed by atoms with Crippen molar-refractivity contribution in [2.45, 2.75) is 6.92 Å². The van der Waals surface area contributed by atoms with Gasteiger partial charge in [-0.15, -0.1) is 0 Å². The van der Waals surface area contributed by atoms with Gasteiger partial charge in [0.1, 0.15) is 11.6 Å². The third kappa shape index (κ3) is 7.28. The number of carbonyl (C=O) groups is 3. The van der Waals surface area contributed by atoms with Gasteiger partial charge in [0.15, 0.2) is 6.61 Å². The van der Waals surface area contributed by atoms with Crippen LogP contribution in [0.15, 0.2) is 77.9 Å². The Bertz CT molecular complexity index is 1180. The fourth-order valence-corrected chi connectivity index (χ4v) is 2.67. The van der Waals surface area contributed by atoms with Crippen LogP contribution in [0.3, 0.4) is 0 Å². The average molecular weight is 448 g/mol. The second kappa shape index (κ2) is 11.2. The number of anilines is 2. The van der Waals surface area contributed by atoms with Crippen LogP contribution < -0.4 is 20.8 Å². The van der Waals surface area contributed by atoms with E-state index < -0.39 is 23.5 Å². The number of amides is 3. The molecule has 0 atom stereocenters. The molecule has 0 saturated carbocycles. The van der Waals surface area contributed by atoms with Crippen LogP contribution in [0.25, 0.3) is 0 Å². The molecule has 3 N–H and O–H groups in total. The highest BCUT2D eigenvalue weighted by atomic mass is 19.1. The molecule has 33 heavy (non-hydrogen) atoms. The van der Waals surface area contributed by atoms with Gasteiger partial charge in [0, 0.05) is 11.4 Å². The Kier molecular flexibility index (Phi) is 7.85. The van der Waals surface area contributed by atoms with Crippen molar-refractivity contribution in [2.75, 3.05) is 17.2 Å². The first-order valence-electron chi connectivity index (χ1n) is 9.89. The zero-order valence-corrected chi connectivity index (χ0v) is 17.7. The molecule has 0 aliphatic rings. The highest BCUT2D eigenvalue weighted by Gasteiger charge is 2.13. The van der Waals surface area contributed by atoms with Crippen molar-refractivity contribution >= 4 is 35.3 Å². The van der Waals surface area contributed by atoms with Gasteiger partial charge >= 0.3 is 11.8 Å². The quantitative estimate of drug-likeness (QED) is 0.293. The van der Waals surface area contributed by atoms with Crippen LogP contribution in [0, 0.1) is 12.7 Å². The number of ether oxygens (including phenoxy) is 1. The monoisotopic (exact) mass is 448 g/mol. The van der Waals surface area contributed by atoms with E-state index in [9.17, 15) is 18.8 Å². The summed E-state index contributed by atoms with van der Waals surface area (Å²) in [5.41, 5.74) is 4.55. The molecule has 0 spiro atoms. The third-order valence-electron chi connectivity index (χ3n) is 4.34. The van der Waals surface area contributed by atoms with Crippen LogP contribution in [0.2, 0.25) is 0 Å². The van der Waals surface area contributed by atoms with E-state index in [1.54, 1.807) is 36.4 Å². The first-order valence-corrected chi connectivity index (χ1v) is 9.89. The minimum Gasteiger partial charge on any atom is -0.484 e. The Labute approximate surface area is 189 Å². The molecule has 0 bridgehead atoms. The lowest BCUT2D eigenvalue weighted by Crippen LogP contribution is -2.32. The van der Waals surface area contributed by atoms with Crippen LogP contribution >= 0.6 is 0 Å². The highest BCUT2D eigenvalue weighted by molar-refractivity contribution is 6.39. The van der Waals surface area contributed by atoms with Crippen LogP contribution in [0.5, 0.6) is 5.75 Å². The minimum atomic E-state index is -0.917. The first kappa shape index (κ1) is 23.1. The van der Waals surface area contributed by atoms with Crippen LogP contribution in [0.4, 0.5) is 15.8 Å². The Morgan fingerprint density at radius 1 is 0.939 bits per heavy atom. The summed E-state index contributed by atoms with van der Waals surface area (Å²) < 4.78 is 18.4. The van der Waals surface area contributed by atoms with Gasteiger partial charge in [0.05, 0.1) is 6.21 Å².